The number of carbonyl (C=O) groups excluding carboxylic acids is 1. The Morgan fingerprint density at radius 3 is 2.44 bits per heavy atom. The highest BCUT2D eigenvalue weighted by atomic mass is 35.5. The van der Waals surface area contributed by atoms with Crippen molar-refractivity contribution in [3.05, 3.63) is 58.6 Å². The van der Waals surface area contributed by atoms with E-state index in [2.05, 4.69) is 5.32 Å². The van der Waals surface area contributed by atoms with Gasteiger partial charge in [0.25, 0.3) is 5.91 Å². The van der Waals surface area contributed by atoms with Crippen LogP contribution in [0.4, 0.5) is 0 Å². The summed E-state index contributed by atoms with van der Waals surface area (Å²) in [6.45, 7) is 6.67. The van der Waals surface area contributed by atoms with Crippen LogP contribution in [-0.2, 0) is 4.79 Å². The van der Waals surface area contributed by atoms with Crippen molar-refractivity contribution in [3.8, 4) is 11.5 Å². The zero-order valence-corrected chi connectivity index (χ0v) is 15.6. The summed E-state index contributed by atoms with van der Waals surface area (Å²) in [4.78, 5) is 12.3. The molecule has 0 spiro atoms. The van der Waals surface area contributed by atoms with Crippen LogP contribution in [0.15, 0.2) is 42.5 Å². The van der Waals surface area contributed by atoms with Crippen molar-refractivity contribution in [2.45, 2.75) is 33.3 Å². The van der Waals surface area contributed by atoms with E-state index < -0.39 is 6.10 Å². The smallest absolute Gasteiger partial charge is 0.261 e. The van der Waals surface area contributed by atoms with Crippen LogP contribution >= 0.6 is 11.6 Å². The number of carbonyl (C=O) groups is 1. The SMILES string of the molecule is CC[C@@H](Oc1ccc(Cl)c(C)c1)C(=O)NCCOc1ccc(C)cc1. The molecule has 0 aliphatic carbocycles. The molecule has 2 rings (SSSR count). The van der Waals surface area contributed by atoms with Gasteiger partial charge in [0, 0.05) is 5.02 Å². The van der Waals surface area contributed by atoms with E-state index >= 15 is 0 Å². The van der Waals surface area contributed by atoms with Crippen molar-refractivity contribution < 1.29 is 14.3 Å². The minimum atomic E-state index is -0.542. The Morgan fingerprint density at radius 2 is 1.80 bits per heavy atom. The lowest BCUT2D eigenvalue weighted by Gasteiger charge is -2.18. The quantitative estimate of drug-likeness (QED) is 0.713. The van der Waals surface area contributed by atoms with Crippen LogP contribution in [-0.4, -0.2) is 25.2 Å². The zero-order chi connectivity index (χ0) is 18.2. The molecule has 0 bridgehead atoms. The lowest BCUT2D eigenvalue weighted by molar-refractivity contribution is -0.128. The lowest BCUT2D eigenvalue weighted by atomic mass is 10.2. The topological polar surface area (TPSA) is 47.6 Å². The fourth-order valence-electron chi connectivity index (χ4n) is 2.27. The van der Waals surface area contributed by atoms with Crippen molar-refractivity contribution in [3.63, 3.8) is 0 Å². The summed E-state index contributed by atoms with van der Waals surface area (Å²) in [5.41, 5.74) is 2.10. The molecule has 0 aromatic heterocycles. The number of aryl methyl sites for hydroxylation is 2. The first-order valence-electron chi connectivity index (χ1n) is 8.39. The molecule has 0 aliphatic rings. The molecule has 0 saturated heterocycles. The minimum Gasteiger partial charge on any atom is -0.492 e. The van der Waals surface area contributed by atoms with Crippen molar-refractivity contribution in [2.24, 2.45) is 0 Å². The Morgan fingerprint density at radius 1 is 1.12 bits per heavy atom. The van der Waals surface area contributed by atoms with E-state index in [9.17, 15) is 4.79 Å². The Hall–Kier alpha value is -2.20. The molecule has 134 valence electrons. The molecular weight excluding hydrogens is 338 g/mol. The average molecular weight is 362 g/mol. The molecule has 1 atom stereocenters. The first-order chi connectivity index (χ1) is 12.0. The highest BCUT2D eigenvalue weighted by Gasteiger charge is 2.18. The predicted molar refractivity (Wildman–Crippen MR) is 101 cm³/mol. The van der Waals surface area contributed by atoms with Gasteiger partial charge in [0.2, 0.25) is 0 Å². The largest absolute Gasteiger partial charge is 0.492 e. The predicted octanol–water partition coefficient (Wildman–Crippen LogP) is 4.31. The summed E-state index contributed by atoms with van der Waals surface area (Å²) >= 11 is 6.01. The van der Waals surface area contributed by atoms with Gasteiger partial charge in [-0.1, -0.05) is 36.2 Å². The summed E-state index contributed by atoms with van der Waals surface area (Å²) in [7, 11) is 0. The maximum absolute atomic E-state index is 12.3. The molecule has 0 fully saturated rings. The number of halogens is 1. The fourth-order valence-corrected chi connectivity index (χ4v) is 2.39. The molecule has 0 unspecified atom stereocenters. The zero-order valence-electron chi connectivity index (χ0n) is 14.8. The van der Waals surface area contributed by atoms with E-state index in [0.717, 1.165) is 11.3 Å². The molecule has 4 nitrogen and oxygen atoms in total. The number of benzene rings is 2. The first kappa shape index (κ1) is 19.1. The van der Waals surface area contributed by atoms with Gasteiger partial charge in [-0.2, -0.15) is 0 Å². The molecule has 0 radical (unpaired) electrons. The minimum absolute atomic E-state index is 0.150. The second kappa shape index (κ2) is 9.33. The molecule has 5 heteroatoms. The Bertz CT molecular complexity index is 701. The molecular formula is C20H24ClNO3. The van der Waals surface area contributed by atoms with E-state index in [-0.39, 0.29) is 5.91 Å². The standard InChI is InChI=1S/C20H24ClNO3/c1-4-19(25-17-9-10-18(21)15(3)13-17)20(23)22-11-12-24-16-7-5-14(2)6-8-16/h5-10,13,19H,4,11-12H2,1-3H3,(H,22,23)/t19-/m1/s1. The second-order valence-corrected chi connectivity index (χ2v) is 6.29. The van der Waals surface area contributed by atoms with Crippen molar-refractivity contribution in [2.75, 3.05) is 13.2 Å². The molecule has 25 heavy (non-hydrogen) atoms. The molecule has 0 saturated carbocycles. The van der Waals surface area contributed by atoms with Crippen molar-refractivity contribution >= 4 is 17.5 Å². The van der Waals surface area contributed by atoms with Crippen molar-refractivity contribution in [1.82, 2.24) is 5.32 Å². The van der Waals surface area contributed by atoms with Gasteiger partial charge in [-0.05, 0) is 56.2 Å². The van der Waals surface area contributed by atoms with Crippen LogP contribution in [0.3, 0.4) is 0 Å². The summed E-state index contributed by atoms with van der Waals surface area (Å²) in [5, 5.41) is 3.53. The van der Waals surface area contributed by atoms with E-state index in [1.54, 1.807) is 12.1 Å². The normalized spacial score (nSPS) is 11.7. The fraction of sp³-hybridized carbons (Fsp3) is 0.350. The van der Waals surface area contributed by atoms with Gasteiger partial charge in [-0.25, -0.2) is 0 Å². The third-order valence-corrected chi connectivity index (χ3v) is 4.19. The Kier molecular flexibility index (Phi) is 7.14. The van der Waals surface area contributed by atoms with Gasteiger partial charge in [0.1, 0.15) is 18.1 Å². The molecule has 0 aliphatic heterocycles. The van der Waals surface area contributed by atoms with E-state index in [4.69, 9.17) is 21.1 Å². The van der Waals surface area contributed by atoms with Gasteiger partial charge >= 0.3 is 0 Å². The number of ether oxygens (including phenoxy) is 2. The van der Waals surface area contributed by atoms with Crippen molar-refractivity contribution in [1.29, 1.82) is 0 Å². The third-order valence-electron chi connectivity index (χ3n) is 3.76. The second-order valence-electron chi connectivity index (χ2n) is 5.88. The van der Waals surface area contributed by atoms with Crippen LogP contribution in [0.1, 0.15) is 24.5 Å². The Balaban J connectivity index is 1.79. The molecule has 2 aromatic carbocycles. The van der Waals surface area contributed by atoms with Crippen LogP contribution < -0.4 is 14.8 Å². The van der Waals surface area contributed by atoms with Gasteiger partial charge in [-0.15, -0.1) is 0 Å². The number of amides is 1. The summed E-state index contributed by atoms with van der Waals surface area (Å²) in [6.07, 6.45) is 0.0340. The number of nitrogens with one attached hydrogen (secondary N) is 1. The molecule has 2 aromatic rings. The summed E-state index contributed by atoms with van der Waals surface area (Å²) < 4.78 is 11.4. The highest BCUT2D eigenvalue weighted by molar-refractivity contribution is 6.31. The van der Waals surface area contributed by atoms with Crippen LogP contribution in [0.25, 0.3) is 0 Å². The van der Waals surface area contributed by atoms with Crippen LogP contribution in [0.2, 0.25) is 5.02 Å². The van der Waals surface area contributed by atoms with E-state index in [1.165, 1.54) is 5.56 Å². The summed E-state index contributed by atoms with van der Waals surface area (Å²) in [6, 6.07) is 13.2. The summed E-state index contributed by atoms with van der Waals surface area (Å²) in [5.74, 6) is 1.28. The molecule has 1 amide bonds. The van der Waals surface area contributed by atoms with Crippen LogP contribution in [0.5, 0.6) is 11.5 Å². The molecule has 0 heterocycles. The van der Waals surface area contributed by atoms with E-state index in [0.29, 0.717) is 30.3 Å². The van der Waals surface area contributed by atoms with Gasteiger partial charge < -0.3 is 14.8 Å². The first-order valence-corrected chi connectivity index (χ1v) is 8.77. The van der Waals surface area contributed by atoms with Gasteiger partial charge in [0.15, 0.2) is 6.10 Å². The maximum atomic E-state index is 12.3. The number of rotatable bonds is 8. The lowest BCUT2D eigenvalue weighted by Crippen LogP contribution is -2.39. The van der Waals surface area contributed by atoms with Gasteiger partial charge in [0.05, 0.1) is 6.54 Å². The molecule has 1 N–H and O–H groups in total. The maximum Gasteiger partial charge on any atom is 0.261 e. The third kappa shape index (κ3) is 5.98. The van der Waals surface area contributed by atoms with Gasteiger partial charge in [-0.3, -0.25) is 4.79 Å². The number of hydrogen-bond donors (Lipinski definition) is 1. The Labute approximate surface area is 154 Å². The van der Waals surface area contributed by atoms with E-state index in [1.807, 2.05) is 51.1 Å². The average Bonchev–Trinajstić information content (AvgIpc) is 2.61. The monoisotopic (exact) mass is 361 g/mol. The highest BCUT2D eigenvalue weighted by Crippen LogP contribution is 2.22. The van der Waals surface area contributed by atoms with Crippen LogP contribution in [0, 0.1) is 13.8 Å². The number of hydrogen-bond acceptors (Lipinski definition) is 3.